The number of hydrogen-bond donors (Lipinski definition) is 6. The van der Waals surface area contributed by atoms with Gasteiger partial charge in [0, 0.05) is 12.8 Å². The average Bonchev–Trinajstić information content (AvgIpc) is 3.38. The van der Waals surface area contributed by atoms with Gasteiger partial charge in [-0.3, -0.25) is 9.59 Å². The van der Waals surface area contributed by atoms with E-state index in [2.05, 4.69) is 55.6 Å². The first kappa shape index (κ1) is 67.6. The molecular weight excluding hydrogens is 907 g/mol. The Morgan fingerprint density at radius 2 is 0.944 bits per heavy atom. The maximum absolute atomic E-state index is 13.0. The molecule has 11 heteroatoms. The normalized spacial score (nSPS) is 19.3. The van der Waals surface area contributed by atoms with E-state index in [0.29, 0.717) is 19.4 Å². The lowest BCUT2D eigenvalue weighted by Crippen LogP contribution is -2.60. The monoisotopic (exact) mass is 1020 g/mol. The minimum absolute atomic E-state index is 0.00608. The van der Waals surface area contributed by atoms with Crippen LogP contribution in [0.3, 0.4) is 0 Å². The van der Waals surface area contributed by atoms with E-state index >= 15 is 0 Å². The molecule has 1 saturated heterocycles. The van der Waals surface area contributed by atoms with Crippen LogP contribution >= 0.6 is 0 Å². The predicted molar refractivity (Wildman–Crippen MR) is 297 cm³/mol. The van der Waals surface area contributed by atoms with Gasteiger partial charge in [-0.05, 0) is 77.0 Å². The lowest BCUT2D eigenvalue weighted by Gasteiger charge is -2.40. The largest absolute Gasteiger partial charge is 0.466 e. The summed E-state index contributed by atoms with van der Waals surface area (Å²) >= 11 is 0. The van der Waals surface area contributed by atoms with Gasteiger partial charge in [0.05, 0.1) is 32.0 Å². The fourth-order valence-corrected chi connectivity index (χ4v) is 9.13. The van der Waals surface area contributed by atoms with Crippen LogP contribution in [0.15, 0.2) is 48.6 Å². The van der Waals surface area contributed by atoms with Crippen molar-refractivity contribution in [2.75, 3.05) is 19.8 Å². The highest BCUT2D eigenvalue weighted by Crippen LogP contribution is 2.23. The Morgan fingerprint density at radius 3 is 1.47 bits per heavy atom. The summed E-state index contributed by atoms with van der Waals surface area (Å²) in [4.78, 5) is 25.0. The molecule has 1 rings (SSSR count). The van der Waals surface area contributed by atoms with Gasteiger partial charge in [0.15, 0.2) is 6.29 Å². The van der Waals surface area contributed by atoms with Gasteiger partial charge in [-0.15, -0.1) is 0 Å². The van der Waals surface area contributed by atoms with Crippen molar-refractivity contribution in [1.29, 1.82) is 0 Å². The van der Waals surface area contributed by atoms with Crippen molar-refractivity contribution in [2.45, 2.75) is 307 Å². The first-order valence-corrected chi connectivity index (χ1v) is 29.9. The van der Waals surface area contributed by atoms with Crippen LogP contribution in [0.4, 0.5) is 0 Å². The summed E-state index contributed by atoms with van der Waals surface area (Å²) in [6, 6.07) is -0.834. The quantitative estimate of drug-likeness (QED) is 0.0195. The molecule has 0 aromatic heterocycles. The minimum atomic E-state index is -1.58. The van der Waals surface area contributed by atoms with E-state index in [-0.39, 0.29) is 18.5 Å². The van der Waals surface area contributed by atoms with Crippen LogP contribution in [-0.4, -0.2) is 100 Å². The van der Waals surface area contributed by atoms with E-state index in [0.717, 1.165) is 83.5 Å². The number of nitrogens with one attached hydrogen (secondary N) is 1. The molecule has 0 saturated carbocycles. The van der Waals surface area contributed by atoms with E-state index < -0.39 is 49.5 Å². The molecule has 0 radical (unpaired) electrons. The summed E-state index contributed by atoms with van der Waals surface area (Å²) in [7, 11) is 0. The van der Waals surface area contributed by atoms with Crippen LogP contribution in [0.25, 0.3) is 0 Å². The topological polar surface area (TPSA) is 175 Å². The molecule has 0 aromatic rings. The highest BCUT2D eigenvalue weighted by atomic mass is 16.7. The van der Waals surface area contributed by atoms with Crippen molar-refractivity contribution >= 4 is 11.9 Å². The van der Waals surface area contributed by atoms with Crippen molar-refractivity contribution in [1.82, 2.24) is 5.32 Å². The van der Waals surface area contributed by atoms with Gasteiger partial charge in [0.25, 0.3) is 0 Å². The standard InChI is InChI=1S/C61H111NO10/c1-3-5-7-9-11-13-28-33-37-41-45-49-57(66)70-50-46-42-38-34-30-27-25-23-21-19-17-15-16-18-20-22-24-26-29-32-36-40-44-48-56(65)62-53(52-71-61-60(69)59(68)58(67)55(51-63)72-61)54(64)47-43-39-35-31-14-12-10-8-6-4-2/h14-15,17-18,20,31,43,47,53-55,58-61,63-64,67-69H,3-13,16,19,21-30,32-42,44-46,48-52H2,1-2H3,(H,62,65)/b17-15-,20-18-,31-14+,47-43+. The van der Waals surface area contributed by atoms with Gasteiger partial charge >= 0.3 is 5.97 Å². The number of carbonyl (C=O) groups is 2. The fraction of sp³-hybridized carbons (Fsp3) is 0.836. The van der Waals surface area contributed by atoms with Crippen molar-refractivity contribution in [2.24, 2.45) is 0 Å². The summed E-state index contributed by atoms with van der Waals surface area (Å²) in [6.07, 6.45) is 53.6. The summed E-state index contributed by atoms with van der Waals surface area (Å²) in [5.41, 5.74) is 0. The number of amides is 1. The second-order valence-electron chi connectivity index (χ2n) is 20.7. The SMILES string of the molecule is CCCCCC/C=C/CC/C=C/C(O)C(COC1OC(CO)C(O)C(O)C1O)NC(=O)CCCCCCCCC/C=C\C/C=C\CCCCCCCCCCCOC(=O)CCCCCCCCCCCCC. The first-order chi connectivity index (χ1) is 35.2. The molecule has 6 N–H and O–H groups in total. The van der Waals surface area contributed by atoms with Crippen LogP contribution in [0, 0.1) is 0 Å². The molecule has 0 aliphatic carbocycles. The third-order valence-electron chi connectivity index (χ3n) is 13.9. The van der Waals surface area contributed by atoms with Gasteiger partial charge < -0.3 is 45.1 Å². The highest BCUT2D eigenvalue weighted by molar-refractivity contribution is 5.76. The third-order valence-corrected chi connectivity index (χ3v) is 13.9. The lowest BCUT2D eigenvalue weighted by molar-refractivity contribution is -0.302. The van der Waals surface area contributed by atoms with Crippen molar-refractivity contribution < 1.29 is 49.3 Å². The molecule has 7 unspecified atom stereocenters. The maximum atomic E-state index is 13.0. The Labute approximate surface area is 440 Å². The number of unbranched alkanes of at least 4 members (excludes halogenated alkanes) is 31. The van der Waals surface area contributed by atoms with Crippen LogP contribution in [-0.2, 0) is 23.8 Å². The molecule has 1 aliphatic heterocycles. The van der Waals surface area contributed by atoms with E-state index in [4.69, 9.17) is 14.2 Å². The van der Waals surface area contributed by atoms with Crippen LogP contribution in [0.5, 0.6) is 0 Å². The van der Waals surface area contributed by atoms with Crippen LogP contribution in [0.2, 0.25) is 0 Å². The number of rotatable bonds is 51. The number of aliphatic hydroxyl groups excluding tert-OH is 5. The fourth-order valence-electron chi connectivity index (χ4n) is 9.13. The Bertz CT molecular complexity index is 1340. The molecule has 0 aromatic carbocycles. The van der Waals surface area contributed by atoms with Crippen molar-refractivity contribution in [3.05, 3.63) is 48.6 Å². The number of carbonyl (C=O) groups excluding carboxylic acids is 2. The zero-order valence-corrected chi connectivity index (χ0v) is 46.1. The third kappa shape index (κ3) is 40.0. The summed E-state index contributed by atoms with van der Waals surface area (Å²) in [6.45, 7) is 4.27. The van der Waals surface area contributed by atoms with E-state index in [9.17, 15) is 35.1 Å². The maximum Gasteiger partial charge on any atom is 0.305 e. The van der Waals surface area contributed by atoms with Crippen molar-refractivity contribution in [3.8, 4) is 0 Å². The molecule has 420 valence electrons. The number of ether oxygens (including phenoxy) is 3. The lowest BCUT2D eigenvalue weighted by atomic mass is 9.99. The van der Waals surface area contributed by atoms with Crippen LogP contribution < -0.4 is 5.32 Å². The molecule has 11 nitrogen and oxygen atoms in total. The predicted octanol–water partition coefficient (Wildman–Crippen LogP) is 13.7. The number of aliphatic hydroxyl groups is 5. The van der Waals surface area contributed by atoms with E-state index in [1.807, 2.05) is 6.08 Å². The average molecular weight is 1020 g/mol. The molecular formula is C61H111NO10. The van der Waals surface area contributed by atoms with Gasteiger partial charge in [0.2, 0.25) is 5.91 Å². The second-order valence-corrected chi connectivity index (χ2v) is 20.7. The zero-order chi connectivity index (χ0) is 52.4. The molecule has 1 fully saturated rings. The number of allylic oxidation sites excluding steroid dienone is 7. The molecule has 0 bridgehead atoms. The second kappa shape index (κ2) is 50.8. The molecule has 72 heavy (non-hydrogen) atoms. The van der Waals surface area contributed by atoms with Gasteiger partial charge in [0.1, 0.15) is 24.4 Å². The van der Waals surface area contributed by atoms with Crippen LogP contribution in [0.1, 0.15) is 264 Å². The van der Waals surface area contributed by atoms with E-state index in [1.165, 1.54) is 154 Å². The Morgan fingerprint density at radius 1 is 0.514 bits per heavy atom. The number of esters is 1. The molecule has 1 aliphatic rings. The Hall–Kier alpha value is -2.38. The minimum Gasteiger partial charge on any atom is -0.466 e. The molecule has 1 heterocycles. The smallest absolute Gasteiger partial charge is 0.305 e. The van der Waals surface area contributed by atoms with E-state index in [1.54, 1.807) is 6.08 Å². The summed E-state index contributed by atoms with van der Waals surface area (Å²) in [5, 5.41) is 54.2. The van der Waals surface area contributed by atoms with Gasteiger partial charge in [-0.25, -0.2) is 0 Å². The van der Waals surface area contributed by atoms with Gasteiger partial charge in [-0.2, -0.15) is 0 Å². The Balaban J connectivity index is 2.06. The Kier molecular flexibility index (Phi) is 47.7. The van der Waals surface area contributed by atoms with Gasteiger partial charge in [-0.1, -0.05) is 223 Å². The summed E-state index contributed by atoms with van der Waals surface area (Å²) < 4.78 is 16.6. The zero-order valence-electron chi connectivity index (χ0n) is 46.1. The first-order valence-electron chi connectivity index (χ1n) is 29.9. The highest BCUT2D eigenvalue weighted by Gasteiger charge is 2.44. The summed E-state index contributed by atoms with van der Waals surface area (Å²) in [5.74, 6) is -0.211. The molecule has 0 spiro atoms. The van der Waals surface area contributed by atoms with Crippen molar-refractivity contribution in [3.63, 3.8) is 0 Å². The number of hydrogen-bond acceptors (Lipinski definition) is 10. The molecule has 7 atom stereocenters. The molecule has 1 amide bonds.